The van der Waals surface area contributed by atoms with E-state index in [1.165, 1.54) is 12.1 Å². The molecule has 0 radical (unpaired) electrons. The van der Waals surface area contributed by atoms with Gasteiger partial charge in [0.2, 0.25) is 10.0 Å². The molecule has 0 unspecified atom stereocenters. The van der Waals surface area contributed by atoms with Crippen molar-refractivity contribution in [3.8, 4) is 6.07 Å². The van der Waals surface area contributed by atoms with E-state index in [2.05, 4.69) is 9.71 Å². The molecule has 1 saturated carbocycles. The van der Waals surface area contributed by atoms with E-state index in [1.807, 2.05) is 0 Å². The van der Waals surface area contributed by atoms with Crippen LogP contribution in [0.4, 0.5) is 0 Å². The Morgan fingerprint density at radius 2 is 2.21 bits per heavy atom. The highest BCUT2D eigenvalue weighted by Crippen LogP contribution is 2.45. The van der Waals surface area contributed by atoms with Crippen LogP contribution in [0.5, 0.6) is 0 Å². The molecule has 0 atom stereocenters. The maximum Gasteiger partial charge on any atom is 0.310 e. The molecule has 1 aliphatic rings. The first-order valence-electron chi connectivity index (χ1n) is 5.49. The van der Waals surface area contributed by atoms with E-state index in [0.29, 0.717) is 12.8 Å². The number of pyridine rings is 1. The van der Waals surface area contributed by atoms with Gasteiger partial charge in [-0.2, -0.15) is 5.26 Å². The van der Waals surface area contributed by atoms with Gasteiger partial charge in [-0.25, -0.2) is 18.1 Å². The van der Waals surface area contributed by atoms with Gasteiger partial charge in [0.25, 0.3) is 0 Å². The van der Waals surface area contributed by atoms with Crippen LogP contribution in [0.3, 0.4) is 0 Å². The second-order valence-electron chi connectivity index (χ2n) is 4.40. The molecule has 0 bridgehead atoms. The van der Waals surface area contributed by atoms with Gasteiger partial charge in [-0.1, -0.05) is 0 Å². The molecule has 19 heavy (non-hydrogen) atoms. The number of hydrogen-bond acceptors (Lipinski definition) is 5. The predicted molar refractivity (Wildman–Crippen MR) is 63.4 cm³/mol. The van der Waals surface area contributed by atoms with E-state index in [-0.39, 0.29) is 17.1 Å². The fraction of sp³-hybridized carbons (Fsp3) is 0.364. The van der Waals surface area contributed by atoms with Crippen molar-refractivity contribution >= 4 is 16.0 Å². The van der Waals surface area contributed by atoms with Crippen molar-refractivity contribution in [1.82, 2.24) is 9.71 Å². The fourth-order valence-electron chi connectivity index (χ4n) is 1.54. The Balaban J connectivity index is 2.10. The van der Waals surface area contributed by atoms with Gasteiger partial charge in [0.1, 0.15) is 16.7 Å². The van der Waals surface area contributed by atoms with Crippen molar-refractivity contribution in [3.63, 3.8) is 0 Å². The number of carboxylic acids is 1. The summed E-state index contributed by atoms with van der Waals surface area (Å²) < 4.78 is 26.1. The highest BCUT2D eigenvalue weighted by atomic mass is 32.2. The normalized spacial score (nSPS) is 16.6. The Morgan fingerprint density at radius 1 is 1.53 bits per heavy atom. The summed E-state index contributed by atoms with van der Waals surface area (Å²) in [5, 5.41) is 17.5. The van der Waals surface area contributed by atoms with Gasteiger partial charge >= 0.3 is 5.97 Å². The topological polar surface area (TPSA) is 120 Å². The van der Waals surface area contributed by atoms with Crippen molar-refractivity contribution in [2.75, 3.05) is 6.54 Å². The molecule has 1 aromatic rings. The first-order chi connectivity index (χ1) is 8.89. The van der Waals surface area contributed by atoms with Gasteiger partial charge in [0, 0.05) is 12.7 Å². The Kier molecular flexibility index (Phi) is 3.26. The van der Waals surface area contributed by atoms with Crippen molar-refractivity contribution in [3.05, 3.63) is 24.0 Å². The first-order valence-corrected chi connectivity index (χ1v) is 6.97. The summed E-state index contributed by atoms with van der Waals surface area (Å²) in [6, 6.07) is 4.33. The number of rotatable bonds is 5. The molecule has 2 N–H and O–H groups in total. The van der Waals surface area contributed by atoms with Crippen LogP contribution in [0.15, 0.2) is 23.2 Å². The minimum Gasteiger partial charge on any atom is -0.481 e. The molecule has 0 spiro atoms. The van der Waals surface area contributed by atoms with E-state index in [4.69, 9.17) is 10.4 Å². The molecular formula is C11H11N3O4S. The largest absolute Gasteiger partial charge is 0.481 e. The van der Waals surface area contributed by atoms with Crippen LogP contribution < -0.4 is 4.72 Å². The second-order valence-corrected chi connectivity index (χ2v) is 6.17. The van der Waals surface area contributed by atoms with Gasteiger partial charge in [0.15, 0.2) is 0 Å². The molecule has 1 heterocycles. The van der Waals surface area contributed by atoms with Gasteiger partial charge in [0.05, 0.1) is 5.41 Å². The molecule has 0 amide bonds. The summed E-state index contributed by atoms with van der Waals surface area (Å²) in [5.41, 5.74) is -0.851. The summed E-state index contributed by atoms with van der Waals surface area (Å²) in [4.78, 5) is 14.5. The van der Waals surface area contributed by atoms with Crippen LogP contribution in [0.2, 0.25) is 0 Å². The van der Waals surface area contributed by atoms with Crippen LogP contribution in [0.1, 0.15) is 18.5 Å². The van der Waals surface area contributed by atoms with Crippen LogP contribution in [-0.2, 0) is 14.8 Å². The van der Waals surface area contributed by atoms with Gasteiger partial charge in [-0.05, 0) is 25.0 Å². The SMILES string of the molecule is N#Cc1ccc(S(=O)(=O)NCC2(C(=O)O)CC2)cn1. The molecule has 0 aromatic carbocycles. The number of aliphatic carboxylic acids is 1. The standard InChI is InChI=1S/C11H11N3O4S/c12-5-8-1-2-9(6-13-8)19(17,18)14-7-11(3-4-11)10(15)16/h1-2,6,14H,3-4,7H2,(H,15,16). The maximum atomic E-state index is 11.9. The molecule has 1 aliphatic carbocycles. The zero-order chi connectivity index (χ0) is 14.1. The maximum absolute atomic E-state index is 11.9. The average Bonchev–Trinajstić information content (AvgIpc) is 3.18. The van der Waals surface area contributed by atoms with Gasteiger partial charge in [-0.3, -0.25) is 4.79 Å². The minimum atomic E-state index is -3.80. The average molecular weight is 281 g/mol. The molecule has 1 aromatic heterocycles. The third kappa shape index (κ3) is 2.72. The lowest BCUT2D eigenvalue weighted by Crippen LogP contribution is -2.34. The first kappa shape index (κ1) is 13.5. The quantitative estimate of drug-likeness (QED) is 0.789. The fourth-order valence-corrected chi connectivity index (χ4v) is 2.61. The Labute approximate surface area is 109 Å². The molecule has 8 heteroatoms. The van der Waals surface area contributed by atoms with Crippen LogP contribution in [0, 0.1) is 16.7 Å². The van der Waals surface area contributed by atoms with Crippen molar-refractivity contribution in [2.24, 2.45) is 5.41 Å². The number of nitrogens with zero attached hydrogens (tertiary/aromatic N) is 2. The Morgan fingerprint density at radius 3 is 2.63 bits per heavy atom. The zero-order valence-electron chi connectivity index (χ0n) is 9.83. The number of carboxylic acid groups (broad SMARTS) is 1. The molecule has 7 nitrogen and oxygen atoms in total. The number of hydrogen-bond donors (Lipinski definition) is 2. The lowest BCUT2D eigenvalue weighted by atomic mass is 10.1. The summed E-state index contributed by atoms with van der Waals surface area (Å²) in [6.07, 6.45) is 2.01. The highest BCUT2D eigenvalue weighted by Gasteiger charge is 2.50. The van der Waals surface area contributed by atoms with E-state index < -0.39 is 21.4 Å². The predicted octanol–water partition coefficient (Wildman–Crippen LogP) is 0.0964. The zero-order valence-corrected chi connectivity index (χ0v) is 10.6. The Bertz CT molecular complexity index is 642. The number of nitrogens with one attached hydrogen (secondary N) is 1. The van der Waals surface area contributed by atoms with Crippen LogP contribution in [0.25, 0.3) is 0 Å². The van der Waals surface area contributed by atoms with Crippen molar-refractivity contribution in [2.45, 2.75) is 17.7 Å². The smallest absolute Gasteiger partial charge is 0.310 e. The van der Waals surface area contributed by atoms with Gasteiger partial charge in [-0.15, -0.1) is 0 Å². The number of carbonyl (C=O) groups is 1. The lowest BCUT2D eigenvalue weighted by Gasteiger charge is -2.11. The summed E-state index contributed by atoms with van der Waals surface area (Å²) in [7, 11) is -3.80. The molecule has 1 fully saturated rings. The van der Waals surface area contributed by atoms with Crippen molar-refractivity contribution in [1.29, 1.82) is 5.26 Å². The third-order valence-corrected chi connectivity index (χ3v) is 4.46. The number of nitriles is 1. The molecular weight excluding hydrogens is 270 g/mol. The Hall–Kier alpha value is -1.98. The van der Waals surface area contributed by atoms with E-state index in [9.17, 15) is 13.2 Å². The minimum absolute atomic E-state index is 0.0901. The van der Waals surface area contributed by atoms with Crippen LogP contribution >= 0.6 is 0 Å². The van der Waals surface area contributed by atoms with Gasteiger partial charge < -0.3 is 5.11 Å². The number of aromatic nitrogens is 1. The summed E-state index contributed by atoms with van der Waals surface area (Å²) in [5.74, 6) is -0.992. The molecule has 100 valence electrons. The highest BCUT2D eigenvalue weighted by molar-refractivity contribution is 7.89. The molecule has 2 rings (SSSR count). The monoisotopic (exact) mass is 281 g/mol. The molecule has 0 aliphatic heterocycles. The van der Waals surface area contributed by atoms with Crippen LogP contribution in [-0.4, -0.2) is 31.0 Å². The molecule has 0 saturated heterocycles. The number of sulfonamides is 1. The lowest BCUT2D eigenvalue weighted by molar-refractivity contribution is -0.143. The van der Waals surface area contributed by atoms with E-state index >= 15 is 0 Å². The second kappa shape index (κ2) is 4.60. The summed E-state index contributed by atoms with van der Waals surface area (Å²) >= 11 is 0. The van der Waals surface area contributed by atoms with E-state index in [1.54, 1.807) is 6.07 Å². The third-order valence-electron chi connectivity index (χ3n) is 3.07. The van der Waals surface area contributed by atoms with Crippen molar-refractivity contribution < 1.29 is 18.3 Å². The van der Waals surface area contributed by atoms with E-state index in [0.717, 1.165) is 6.20 Å². The summed E-state index contributed by atoms with van der Waals surface area (Å²) in [6.45, 7) is -0.134.